The average molecular weight is 279 g/mol. The van der Waals surface area contributed by atoms with Gasteiger partial charge in [-0.2, -0.15) is 0 Å². The van der Waals surface area contributed by atoms with Gasteiger partial charge in [-0.1, -0.05) is 35.3 Å². The Morgan fingerprint density at radius 3 is 2.89 bits per heavy atom. The molecule has 2 aromatic heterocycles. The maximum atomic E-state index is 5.95. The Hall–Kier alpha value is -1.65. The third-order valence-electron chi connectivity index (χ3n) is 2.61. The number of hydrogen-bond acceptors (Lipinski definition) is 3. The van der Waals surface area contributed by atoms with Gasteiger partial charge in [0.2, 0.25) is 0 Å². The van der Waals surface area contributed by atoms with Crippen LogP contribution in [0.5, 0.6) is 0 Å². The first-order chi connectivity index (χ1) is 8.74. The molecule has 3 rings (SSSR count). The molecule has 18 heavy (non-hydrogen) atoms. The van der Waals surface area contributed by atoms with Gasteiger partial charge in [0.1, 0.15) is 5.82 Å². The summed E-state index contributed by atoms with van der Waals surface area (Å²) in [6, 6.07) is 7.66. The van der Waals surface area contributed by atoms with Gasteiger partial charge in [0.15, 0.2) is 10.8 Å². The van der Waals surface area contributed by atoms with Crippen LogP contribution in [0.1, 0.15) is 11.4 Å². The van der Waals surface area contributed by atoms with Crippen LogP contribution in [0.25, 0.3) is 5.65 Å². The largest absolute Gasteiger partial charge is 0.282 e. The molecule has 0 radical (unpaired) electrons. The second kappa shape index (κ2) is 4.55. The monoisotopic (exact) mass is 278 g/mol. The van der Waals surface area contributed by atoms with Gasteiger partial charge in [0.25, 0.3) is 0 Å². The second-order valence-electron chi connectivity index (χ2n) is 3.83. The normalized spacial score (nSPS) is 11.0. The molecule has 0 amide bonds. The summed E-state index contributed by atoms with van der Waals surface area (Å²) in [4.78, 5) is 3.96. The van der Waals surface area contributed by atoms with E-state index < -0.39 is 0 Å². The fourth-order valence-electron chi connectivity index (χ4n) is 1.79. The predicted octanol–water partition coefficient (Wildman–Crippen LogP) is 3.02. The van der Waals surface area contributed by atoms with Gasteiger partial charge in [0, 0.05) is 23.8 Å². The SMILES string of the molecule is Clc1cccc(Cc2nnc3c(Cl)nccn23)c1. The Labute approximate surface area is 113 Å². The summed E-state index contributed by atoms with van der Waals surface area (Å²) in [7, 11) is 0. The highest BCUT2D eigenvalue weighted by molar-refractivity contribution is 6.32. The number of benzene rings is 1. The number of hydrogen-bond donors (Lipinski definition) is 0. The summed E-state index contributed by atoms with van der Waals surface area (Å²) in [5.41, 5.74) is 1.64. The van der Waals surface area contributed by atoms with Crippen LogP contribution in [0.3, 0.4) is 0 Å². The van der Waals surface area contributed by atoms with Crippen molar-refractivity contribution in [3.05, 3.63) is 58.2 Å². The van der Waals surface area contributed by atoms with E-state index in [1.807, 2.05) is 28.7 Å². The highest BCUT2D eigenvalue weighted by atomic mass is 35.5. The van der Waals surface area contributed by atoms with Gasteiger partial charge in [-0.05, 0) is 17.7 Å². The summed E-state index contributed by atoms with van der Waals surface area (Å²) < 4.78 is 1.83. The Morgan fingerprint density at radius 2 is 2.06 bits per heavy atom. The zero-order chi connectivity index (χ0) is 12.5. The molecule has 0 aliphatic heterocycles. The van der Waals surface area contributed by atoms with Crippen molar-refractivity contribution in [2.24, 2.45) is 0 Å². The van der Waals surface area contributed by atoms with Crippen LogP contribution >= 0.6 is 23.2 Å². The minimum Gasteiger partial charge on any atom is -0.282 e. The molecule has 0 aliphatic carbocycles. The number of halogens is 2. The lowest BCUT2D eigenvalue weighted by Gasteiger charge is -2.01. The van der Waals surface area contributed by atoms with Crippen molar-refractivity contribution in [1.82, 2.24) is 19.6 Å². The molecule has 0 aliphatic rings. The fraction of sp³-hybridized carbons (Fsp3) is 0.0833. The third-order valence-corrected chi connectivity index (χ3v) is 3.11. The molecule has 3 aromatic rings. The van der Waals surface area contributed by atoms with Crippen molar-refractivity contribution in [3.63, 3.8) is 0 Å². The minimum atomic E-state index is 0.349. The number of nitrogens with zero attached hydrogens (tertiary/aromatic N) is 4. The fourth-order valence-corrected chi connectivity index (χ4v) is 2.19. The van der Waals surface area contributed by atoms with Crippen molar-refractivity contribution in [2.45, 2.75) is 6.42 Å². The topological polar surface area (TPSA) is 43.1 Å². The third kappa shape index (κ3) is 2.05. The van der Waals surface area contributed by atoms with Crippen LogP contribution in [0.15, 0.2) is 36.7 Å². The van der Waals surface area contributed by atoms with E-state index in [9.17, 15) is 0 Å². The number of aromatic nitrogens is 4. The van der Waals surface area contributed by atoms with Crippen LogP contribution in [0.4, 0.5) is 0 Å². The molecule has 6 heteroatoms. The van der Waals surface area contributed by atoms with Gasteiger partial charge >= 0.3 is 0 Å². The first-order valence-electron chi connectivity index (χ1n) is 5.32. The zero-order valence-corrected chi connectivity index (χ0v) is 10.7. The van der Waals surface area contributed by atoms with Gasteiger partial charge < -0.3 is 0 Å². The summed E-state index contributed by atoms with van der Waals surface area (Å²) in [6.45, 7) is 0. The molecule has 0 saturated carbocycles. The number of fused-ring (bicyclic) bond motifs is 1. The van der Waals surface area contributed by atoms with Crippen molar-refractivity contribution in [2.75, 3.05) is 0 Å². The Morgan fingerprint density at radius 1 is 1.17 bits per heavy atom. The first kappa shape index (κ1) is 11.4. The summed E-state index contributed by atoms with van der Waals surface area (Å²) in [6.07, 6.45) is 4.06. The molecular formula is C12H8Cl2N4. The lowest BCUT2D eigenvalue weighted by molar-refractivity contribution is 0.931. The lowest BCUT2D eigenvalue weighted by atomic mass is 10.1. The molecule has 2 heterocycles. The van der Waals surface area contributed by atoms with Crippen LogP contribution in [0.2, 0.25) is 10.2 Å². The van der Waals surface area contributed by atoms with E-state index in [0.717, 1.165) is 11.4 Å². The van der Waals surface area contributed by atoms with Crippen molar-refractivity contribution >= 4 is 28.8 Å². The molecule has 0 unspecified atom stereocenters. The molecule has 0 spiro atoms. The van der Waals surface area contributed by atoms with Gasteiger partial charge in [-0.15, -0.1) is 10.2 Å². The zero-order valence-electron chi connectivity index (χ0n) is 9.22. The second-order valence-corrected chi connectivity index (χ2v) is 4.63. The van der Waals surface area contributed by atoms with E-state index in [4.69, 9.17) is 23.2 Å². The average Bonchev–Trinajstić information content (AvgIpc) is 2.74. The van der Waals surface area contributed by atoms with Crippen LogP contribution in [0, 0.1) is 0 Å². The molecule has 1 aromatic carbocycles. The molecule has 0 fully saturated rings. The van der Waals surface area contributed by atoms with Gasteiger partial charge in [0.05, 0.1) is 0 Å². The van der Waals surface area contributed by atoms with E-state index in [0.29, 0.717) is 22.2 Å². The smallest absolute Gasteiger partial charge is 0.198 e. The maximum Gasteiger partial charge on any atom is 0.198 e. The quantitative estimate of drug-likeness (QED) is 0.724. The molecule has 90 valence electrons. The Balaban J connectivity index is 2.03. The number of rotatable bonds is 2. The Bertz CT molecular complexity index is 708. The first-order valence-corrected chi connectivity index (χ1v) is 6.08. The van der Waals surface area contributed by atoms with Crippen molar-refractivity contribution < 1.29 is 0 Å². The highest BCUT2D eigenvalue weighted by Gasteiger charge is 2.09. The lowest BCUT2D eigenvalue weighted by Crippen LogP contribution is -1.97. The van der Waals surface area contributed by atoms with E-state index in [1.165, 1.54) is 0 Å². The Kier molecular flexibility index (Phi) is 2.89. The minimum absolute atomic E-state index is 0.349. The van der Waals surface area contributed by atoms with E-state index >= 15 is 0 Å². The summed E-state index contributed by atoms with van der Waals surface area (Å²) >= 11 is 11.9. The van der Waals surface area contributed by atoms with Crippen molar-refractivity contribution in [1.29, 1.82) is 0 Å². The predicted molar refractivity (Wildman–Crippen MR) is 70.1 cm³/mol. The van der Waals surface area contributed by atoms with Crippen LogP contribution < -0.4 is 0 Å². The van der Waals surface area contributed by atoms with Crippen molar-refractivity contribution in [3.8, 4) is 0 Å². The molecular weight excluding hydrogens is 271 g/mol. The van der Waals surface area contributed by atoms with Gasteiger partial charge in [-0.25, -0.2) is 4.98 Å². The van der Waals surface area contributed by atoms with E-state index in [-0.39, 0.29) is 0 Å². The standard InChI is InChI=1S/C12H8Cl2N4/c13-9-3-1-2-8(6-9)7-10-16-17-12-11(14)15-4-5-18(10)12/h1-6H,7H2. The molecule has 0 atom stereocenters. The molecule has 0 saturated heterocycles. The summed E-state index contributed by atoms with van der Waals surface area (Å²) in [5, 5.41) is 9.21. The van der Waals surface area contributed by atoms with Gasteiger partial charge in [-0.3, -0.25) is 4.40 Å². The van der Waals surface area contributed by atoms with E-state index in [1.54, 1.807) is 12.4 Å². The maximum absolute atomic E-state index is 5.95. The van der Waals surface area contributed by atoms with Crippen LogP contribution in [-0.2, 0) is 6.42 Å². The molecule has 0 bridgehead atoms. The summed E-state index contributed by atoms with van der Waals surface area (Å²) in [5.74, 6) is 0.802. The van der Waals surface area contributed by atoms with Crippen LogP contribution in [-0.4, -0.2) is 19.6 Å². The van der Waals surface area contributed by atoms with E-state index in [2.05, 4.69) is 15.2 Å². The molecule has 4 nitrogen and oxygen atoms in total. The molecule has 0 N–H and O–H groups in total. The highest BCUT2D eigenvalue weighted by Crippen LogP contribution is 2.16.